The lowest BCUT2D eigenvalue weighted by Gasteiger charge is -2.24. The Balaban J connectivity index is 1.55. The summed E-state index contributed by atoms with van der Waals surface area (Å²) >= 11 is 0. The molecule has 0 unspecified atom stereocenters. The number of nitrogens with one attached hydrogen (secondary N) is 2. The highest BCUT2D eigenvalue weighted by Crippen LogP contribution is 2.10. The van der Waals surface area contributed by atoms with Crippen molar-refractivity contribution in [1.29, 1.82) is 0 Å². The molecule has 4 aromatic rings. The molecule has 4 rings (SSSR count). The van der Waals surface area contributed by atoms with Crippen molar-refractivity contribution in [3.8, 4) is 0 Å². The Morgan fingerprint density at radius 1 is 0.939 bits per heavy atom. The third kappa shape index (κ3) is 5.33. The molecule has 1 aromatic heterocycles. The summed E-state index contributed by atoms with van der Waals surface area (Å²) in [6.07, 6.45) is 0.338. The monoisotopic (exact) mass is 440 g/mol. The van der Waals surface area contributed by atoms with Crippen molar-refractivity contribution in [2.45, 2.75) is 19.0 Å². The first kappa shape index (κ1) is 22.0. The molecule has 0 saturated heterocycles. The van der Waals surface area contributed by atoms with Crippen LogP contribution in [0, 0.1) is 0 Å². The van der Waals surface area contributed by atoms with Gasteiger partial charge in [-0.1, -0.05) is 60.7 Å². The molecular weight excluding hydrogens is 416 g/mol. The van der Waals surface area contributed by atoms with Gasteiger partial charge in [0.05, 0.1) is 17.4 Å². The molecule has 0 saturated carbocycles. The van der Waals surface area contributed by atoms with E-state index < -0.39 is 6.04 Å². The smallest absolute Gasteiger partial charge is 0.258 e. The Labute approximate surface area is 191 Å². The quantitative estimate of drug-likeness (QED) is 0.462. The number of H-pyrrole nitrogens is 1. The molecule has 2 N–H and O–H groups in total. The number of fused-ring (bicyclic) bond motifs is 1. The molecule has 0 aliphatic carbocycles. The number of aromatic nitrogens is 2. The topological polar surface area (TPSA) is 95.2 Å². The van der Waals surface area contributed by atoms with E-state index in [0.717, 1.165) is 5.56 Å². The van der Waals surface area contributed by atoms with E-state index in [0.29, 0.717) is 28.7 Å². The Hall–Kier alpha value is -4.26. The third-order valence-electron chi connectivity index (χ3n) is 5.35. The van der Waals surface area contributed by atoms with E-state index in [4.69, 9.17) is 0 Å². The van der Waals surface area contributed by atoms with Gasteiger partial charge in [0.2, 0.25) is 5.91 Å². The number of para-hydroxylation sites is 1. The van der Waals surface area contributed by atoms with Crippen LogP contribution >= 0.6 is 0 Å². The fourth-order valence-electron chi connectivity index (χ4n) is 3.66. The van der Waals surface area contributed by atoms with Crippen LogP contribution < -0.4 is 10.9 Å². The summed E-state index contributed by atoms with van der Waals surface area (Å²) in [4.78, 5) is 47.2. The molecule has 1 atom stereocenters. The molecule has 0 radical (unpaired) electrons. The average molecular weight is 441 g/mol. The highest BCUT2D eigenvalue weighted by Gasteiger charge is 2.25. The number of amides is 2. The number of hydrogen-bond donors (Lipinski definition) is 2. The molecule has 0 aliphatic heterocycles. The number of likely N-dealkylation sites (N-methyl/N-ethyl adjacent to an activating group) is 1. The maximum Gasteiger partial charge on any atom is 0.258 e. The number of nitrogens with zero attached hydrogens (tertiary/aromatic N) is 2. The summed E-state index contributed by atoms with van der Waals surface area (Å²) in [5, 5.41) is 3.36. The zero-order valence-corrected chi connectivity index (χ0v) is 18.2. The van der Waals surface area contributed by atoms with Crippen molar-refractivity contribution in [1.82, 2.24) is 20.2 Å². The third-order valence-corrected chi connectivity index (χ3v) is 5.35. The van der Waals surface area contributed by atoms with Gasteiger partial charge in [-0.05, 0) is 29.8 Å². The molecule has 0 aliphatic rings. The molecule has 0 spiro atoms. The standard InChI is InChI=1S/C26H24N4O3/c1-30(17-23-27-21-15-9-8-14-20(21)25(32)29-23)26(33)22(16-18-10-4-2-5-11-18)28-24(31)19-12-6-3-7-13-19/h2-15,22H,16-17H2,1H3,(H,28,31)(H,27,29,32)/t22-/m0/s1. The van der Waals surface area contributed by atoms with Crippen LogP contribution in [0.3, 0.4) is 0 Å². The predicted molar refractivity (Wildman–Crippen MR) is 127 cm³/mol. The van der Waals surface area contributed by atoms with E-state index in [1.807, 2.05) is 42.5 Å². The number of hydrogen-bond acceptors (Lipinski definition) is 4. The molecular formula is C26H24N4O3. The van der Waals surface area contributed by atoms with Crippen LogP contribution in [0.15, 0.2) is 89.7 Å². The lowest BCUT2D eigenvalue weighted by molar-refractivity contribution is -0.132. The lowest BCUT2D eigenvalue weighted by atomic mass is 10.0. The van der Waals surface area contributed by atoms with Gasteiger partial charge in [0.25, 0.3) is 11.5 Å². The zero-order chi connectivity index (χ0) is 23.2. The van der Waals surface area contributed by atoms with Crippen molar-refractivity contribution >= 4 is 22.7 Å². The second-order valence-electron chi connectivity index (χ2n) is 7.81. The van der Waals surface area contributed by atoms with Crippen LogP contribution in [0.2, 0.25) is 0 Å². The summed E-state index contributed by atoms with van der Waals surface area (Å²) in [7, 11) is 1.63. The van der Waals surface area contributed by atoms with Gasteiger partial charge in [-0.15, -0.1) is 0 Å². The summed E-state index contributed by atoms with van der Waals surface area (Å²) in [5.41, 5.74) is 1.71. The molecule has 0 fully saturated rings. The fourth-order valence-corrected chi connectivity index (χ4v) is 3.66. The predicted octanol–water partition coefficient (Wildman–Crippen LogP) is 2.92. The first-order chi connectivity index (χ1) is 16.0. The average Bonchev–Trinajstić information content (AvgIpc) is 2.84. The van der Waals surface area contributed by atoms with Gasteiger partial charge >= 0.3 is 0 Å². The number of rotatable bonds is 7. The molecule has 3 aromatic carbocycles. The Morgan fingerprint density at radius 3 is 2.30 bits per heavy atom. The van der Waals surface area contributed by atoms with Crippen molar-refractivity contribution in [2.75, 3.05) is 7.05 Å². The summed E-state index contributed by atoms with van der Waals surface area (Å²) in [6.45, 7) is 0.103. The van der Waals surface area contributed by atoms with Crippen LogP contribution in [-0.2, 0) is 17.8 Å². The first-order valence-corrected chi connectivity index (χ1v) is 10.6. The summed E-state index contributed by atoms with van der Waals surface area (Å²) < 4.78 is 0. The molecule has 33 heavy (non-hydrogen) atoms. The molecule has 7 heteroatoms. The van der Waals surface area contributed by atoms with Crippen LogP contribution in [0.5, 0.6) is 0 Å². The van der Waals surface area contributed by atoms with Crippen LogP contribution in [-0.4, -0.2) is 39.8 Å². The van der Waals surface area contributed by atoms with Gasteiger partial charge in [-0.25, -0.2) is 4.98 Å². The lowest BCUT2D eigenvalue weighted by Crippen LogP contribution is -2.48. The Bertz CT molecular complexity index is 1320. The van der Waals surface area contributed by atoms with E-state index in [2.05, 4.69) is 15.3 Å². The highest BCUT2D eigenvalue weighted by atomic mass is 16.2. The van der Waals surface area contributed by atoms with Gasteiger partial charge in [0, 0.05) is 19.0 Å². The van der Waals surface area contributed by atoms with Gasteiger partial charge in [-0.2, -0.15) is 0 Å². The molecule has 0 bridgehead atoms. The number of carbonyl (C=O) groups is 2. The normalized spacial score (nSPS) is 11.7. The largest absolute Gasteiger partial charge is 0.340 e. The zero-order valence-electron chi connectivity index (χ0n) is 18.2. The Kier molecular flexibility index (Phi) is 6.59. The Morgan fingerprint density at radius 2 is 1.58 bits per heavy atom. The van der Waals surface area contributed by atoms with Gasteiger partial charge < -0.3 is 15.2 Å². The van der Waals surface area contributed by atoms with E-state index in [-0.39, 0.29) is 23.9 Å². The number of aromatic amines is 1. The highest BCUT2D eigenvalue weighted by molar-refractivity contribution is 5.97. The van der Waals surface area contributed by atoms with Crippen LogP contribution in [0.25, 0.3) is 10.9 Å². The van der Waals surface area contributed by atoms with E-state index in [1.165, 1.54) is 4.90 Å². The molecule has 166 valence electrons. The van der Waals surface area contributed by atoms with E-state index in [9.17, 15) is 14.4 Å². The number of carbonyl (C=O) groups excluding carboxylic acids is 2. The fraction of sp³-hybridized carbons (Fsp3) is 0.154. The van der Waals surface area contributed by atoms with Crippen molar-refractivity contribution in [3.05, 3.63) is 112 Å². The summed E-state index contributed by atoms with van der Waals surface area (Å²) in [6, 6.07) is 24.6. The van der Waals surface area contributed by atoms with Crippen LogP contribution in [0.4, 0.5) is 0 Å². The molecule has 2 amide bonds. The molecule has 1 heterocycles. The van der Waals surface area contributed by atoms with Crippen molar-refractivity contribution < 1.29 is 9.59 Å². The van der Waals surface area contributed by atoms with Crippen molar-refractivity contribution in [2.24, 2.45) is 0 Å². The van der Waals surface area contributed by atoms with Gasteiger partial charge in [0.1, 0.15) is 11.9 Å². The minimum absolute atomic E-state index is 0.103. The van der Waals surface area contributed by atoms with Crippen LogP contribution in [0.1, 0.15) is 21.7 Å². The van der Waals surface area contributed by atoms with E-state index >= 15 is 0 Å². The van der Waals surface area contributed by atoms with Crippen molar-refractivity contribution in [3.63, 3.8) is 0 Å². The number of benzene rings is 3. The maximum absolute atomic E-state index is 13.4. The minimum atomic E-state index is -0.780. The maximum atomic E-state index is 13.4. The first-order valence-electron chi connectivity index (χ1n) is 10.6. The minimum Gasteiger partial charge on any atom is -0.340 e. The van der Waals surface area contributed by atoms with Gasteiger partial charge in [-0.3, -0.25) is 14.4 Å². The second-order valence-corrected chi connectivity index (χ2v) is 7.81. The van der Waals surface area contributed by atoms with E-state index in [1.54, 1.807) is 49.5 Å². The second kappa shape index (κ2) is 9.91. The summed E-state index contributed by atoms with van der Waals surface area (Å²) in [5.74, 6) is -0.225. The SMILES string of the molecule is CN(Cc1nc2ccccc2c(=O)[nH]1)C(=O)[C@H](Cc1ccccc1)NC(=O)c1ccccc1. The molecule has 7 nitrogen and oxygen atoms in total. The van der Waals surface area contributed by atoms with Gasteiger partial charge in [0.15, 0.2) is 0 Å².